The van der Waals surface area contributed by atoms with E-state index in [0.717, 1.165) is 5.56 Å². The Morgan fingerprint density at radius 1 is 1.26 bits per heavy atom. The quantitative estimate of drug-likeness (QED) is 0.536. The molecule has 3 heterocycles. The van der Waals surface area contributed by atoms with Gasteiger partial charge in [-0.05, 0) is 42.2 Å². The second-order valence-corrected chi connectivity index (χ2v) is 6.68. The number of furan rings is 1. The molecule has 23 heavy (non-hydrogen) atoms. The van der Waals surface area contributed by atoms with Gasteiger partial charge in [-0.15, -0.1) is 16.9 Å². The van der Waals surface area contributed by atoms with Gasteiger partial charge in [0.1, 0.15) is 0 Å². The molecular formula is C16H11N3O2S2. The van der Waals surface area contributed by atoms with Crippen LogP contribution in [0.1, 0.15) is 5.56 Å². The van der Waals surface area contributed by atoms with E-state index in [1.807, 2.05) is 36.6 Å². The van der Waals surface area contributed by atoms with Crippen LogP contribution >= 0.6 is 23.1 Å². The molecule has 0 saturated carbocycles. The molecule has 4 aromatic rings. The van der Waals surface area contributed by atoms with E-state index in [2.05, 4.69) is 10.1 Å². The monoisotopic (exact) mass is 341 g/mol. The summed E-state index contributed by atoms with van der Waals surface area (Å²) in [7, 11) is 0. The molecular weight excluding hydrogens is 330 g/mol. The van der Waals surface area contributed by atoms with Crippen molar-refractivity contribution in [1.82, 2.24) is 14.6 Å². The average Bonchev–Trinajstić information content (AvgIpc) is 3.27. The lowest BCUT2D eigenvalue weighted by Crippen LogP contribution is -2.23. The zero-order valence-corrected chi connectivity index (χ0v) is 13.7. The zero-order valence-electron chi connectivity index (χ0n) is 12.1. The molecule has 0 spiro atoms. The minimum atomic E-state index is -0.163. The Morgan fingerprint density at radius 2 is 2.09 bits per heavy atom. The first-order valence-corrected chi connectivity index (χ1v) is 8.88. The van der Waals surface area contributed by atoms with Gasteiger partial charge >= 0.3 is 0 Å². The Kier molecular flexibility index (Phi) is 3.51. The van der Waals surface area contributed by atoms with E-state index in [1.54, 1.807) is 30.2 Å². The predicted molar refractivity (Wildman–Crippen MR) is 91.8 cm³/mol. The zero-order chi connectivity index (χ0) is 15.8. The average molecular weight is 341 g/mol. The summed E-state index contributed by atoms with van der Waals surface area (Å²) in [6.45, 7) is 0. The number of nitrogens with zero attached hydrogens (tertiary/aromatic N) is 3. The molecule has 0 amide bonds. The molecule has 1 aromatic carbocycles. The third-order valence-electron chi connectivity index (χ3n) is 3.34. The second kappa shape index (κ2) is 5.68. The molecule has 0 aliphatic rings. The molecule has 5 nitrogen and oxygen atoms in total. The number of fused-ring (bicyclic) bond motifs is 1. The summed E-state index contributed by atoms with van der Waals surface area (Å²) in [5.41, 5.74) is 0.819. The fourth-order valence-electron chi connectivity index (χ4n) is 2.20. The maximum absolute atomic E-state index is 12.4. The molecule has 0 fully saturated rings. The van der Waals surface area contributed by atoms with Crippen LogP contribution in [0.15, 0.2) is 56.8 Å². The molecule has 0 bridgehead atoms. The highest BCUT2D eigenvalue weighted by Crippen LogP contribution is 2.17. The highest BCUT2D eigenvalue weighted by atomic mass is 32.2. The van der Waals surface area contributed by atoms with Gasteiger partial charge in [-0.3, -0.25) is 4.79 Å². The van der Waals surface area contributed by atoms with E-state index in [1.165, 1.54) is 20.7 Å². The van der Waals surface area contributed by atoms with E-state index in [0.29, 0.717) is 21.1 Å². The Bertz CT molecular complexity index is 1060. The van der Waals surface area contributed by atoms with Crippen LogP contribution in [-0.4, -0.2) is 20.9 Å². The van der Waals surface area contributed by atoms with Gasteiger partial charge in [0.25, 0.3) is 5.56 Å². The lowest BCUT2D eigenvalue weighted by atomic mass is 10.2. The van der Waals surface area contributed by atoms with Crippen molar-refractivity contribution in [3.05, 3.63) is 63.1 Å². The Balaban J connectivity index is 1.79. The van der Waals surface area contributed by atoms with Gasteiger partial charge in [0.05, 0.1) is 10.8 Å². The number of hydrogen-bond donors (Lipinski definition) is 0. The van der Waals surface area contributed by atoms with Crippen LogP contribution in [0.2, 0.25) is 0 Å². The first kappa shape index (κ1) is 14.2. The van der Waals surface area contributed by atoms with Crippen molar-refractivity contribution in [3.63, 3.8) is 0 Å². The SMILES string of the molecule is CSc1ccc(/C=c2/sc3nc(-c4ccco4)nn3c2=O)cc1. The summed E-state index contributed by atoms with van der Waals surface area (Å²) in [6, 6.07) is 11.6. The largest absolute Gasteiger partial charge is 0.461 e. The van der Waals surface area contributed by atoms with Gasteiger partial charge < -0.3 is 4.42 Å². The van der Waals surface area contributed by atoms with E-state index < -0.39 is 0 Å². The van der Waals surface area contributed by atoms with Crippen LogP contribution in [0.4, 0.5) is 0 Å². The van der Waals surface area contributed by atoms with Gasteiger partial charge in [-0.2, -0.15) is 9.50 Å². The summed E-state index contributed by atoms with van der Waals surface area (Å²) < 4.78 is 7.20. The van der Waals surface area contributed by atoms with Crippen LogP contribution < -0.4 is 10.1 Å². The van der Waals surface area contributed by atoms with Crippen LogP contribution in [0, 0.1) is 0 Å². The molecule has 3 aromatic heterocycles. The van der Waals surface area contributed by atoms with Crippen molar-refractivity contribution in [3.8, 4) is 11.6 Å². The Morgan fingerprint density at radius 3 is 2.74 bits per heavy atom. The summed E-state index contributed by atoms with van der Waals surface area (Å²) in [6.07, 6.45) is 5.45. The minimum absolute atomic E-state index is 0.163. The predicted octanol–water partition coefficient (Wildman–Crippen LogP) is 2.68. The molecule has 0 radical (unpaired) electrons. The minimum Gasteiger partial charge on any atom is -0.461 e. The molecule has 0 unspecified atom stereocenters. The Labute approximate surface area is 139 Å². The maximum atomic E-state index is 12.4. The number of thioether (sulfide) groups is 1. The maximum Gasteiger partial charge on any atom is 0.291 e. The third kappa shape index (κ3) is 2.58. The molecule has 0 saturated heterocycles. The normalized spacial score (nSPS) is 12.3. The van der Waals surface area contributed by atoms with Crippen molar-refractivity contribution < 1.29 is 4.42 Å². The first-order valence-electron chi connectivity index (χ1n) is 6.84. The molecule has 4 rings (SSSR count). The smallest absolute Gasteiger partial charge is 0.291 e. The van der Waals surface area contributed by atoms with Crippen LogP contribution in [0.5, 0.6) is 0 Å². The Hall–Kier alpha value is -2.38. The summed E-state index contributed by atoms with van der Waals surface area (Å²) in [4.78, 5) is 18.6. The van der Waals surface area contributed by atoms with E-state index in [9.17, 15) is 4.79 Å². The molecule has 7 heteroatoms. The first-order chi connectivity index (χ1) is 11.2. The van der Waals surface area contributed by atoms with Gasteiger partial charge in [-0.1, -0.05) is 23.5 Å². The van der Waals surface area contributed by atoms with E-state index in [-0.39, 0.29) is 5.56 Å². The van der Waals surface area contributed by atoms with E-state index in [4.69, 9.17) is 4.42 Å². The van der Waals surface area contributed by atoms with Crippen molar-refractivity contribution in [1.29, 1.82) is 0 Å². The standard InChI is InChI=1S/C16H11N3O2S2/c1-22-11-6-4-10(5-7-11)9-13-15(20)19-16(23-13)17-14(18-19)12-3-2-8-21-12/h2-9H,1H3/b13-9+. The van der Waals surface area contributed by atoms with Gasteiger partial charge in [0.2, 0.25) is 10.8 Å². The van der Waals surface area contributed by atoms with Crippen LogP contribution in [0.3, 0.4) is 0 Å². The summed E-state index contributed by atoms with van der Waals surface area (Å²) in [5.74, 6) is 0.979. The van der Waals surface area contributed by atoms with Crippen LogP contribution in [-0.2, 0) is 0 Å². The van der Waals surface area contributed by atoms with Gasteiger partial charge in [-0.25, -0.2) is 0 Å². The van der Waals surface area contributed by atoms with Crippen molar-refractivity contribution in [2.75, 3.05) is 6.26 Å². The van der Waals surface area contributed by atoms with Gasteiger partial charge in [0.15, 0.2) is 5.76 Å². The molecule has 0 aliphatic heterocycles. The van der Waals surface area contributed by atoms with Crippen LogP contribution in [0.25, 0.3) is 22.6 Å². The second-order valence-electron chi connectivity index (χ2n) is 4.80. The summed E-state index contributed by atoms with van der Waals surface area (Å²) >= 11 is 3.01. The third-order valence-corrected chi connectivity index (χ3v) is 5.04. The number of benzene rings is 1. The van der Waals surface area contributed by atoms with Crippen molar-refractivity contribution in [2.45, 2.75) is 4.90 Å². The lowest BCUT2D eigenvalue weighted by molar-refractivity contribution is 0.577. The van der Waals surface area contributed by atoms with Crippen molar-refractivity contribution >= 4 is 34.1 Å². The number of hydrogen-bond acceptors (Lipinski definition) is 6. The fraction of sp³-hybridized carbons (Fsp3) is 0.0625. The highest BCUT2D eigenvalue weighted by Gasteiger charge is 2.13. The topological polar surface area (TPSA) is 60.4 Å². The number of rotatable bonds is 3. The molecule has 0 aliphatic carbocycles. The number of thiazole rings is 1. The molecule has 114 valence electrons. The number of aromatic nitrogens is 3. The lowest BCUT2D eigenvalue weighted by Gasteiger charge is -1.95. The van der Waals surface area contributed by atoms with E-state index >= 15 is 0 Å². The van der Waals surface area contributed by atoms with Gasteiger partial charge in [0, 0.05) is 4.90 Å². The fourth-order valence-corrected chi connectivity index (χ4v) is 3.51. The summed E-state index contributed by atoms with van der Waals surface area (Å²) in [5, 5.41) is 4.23. The highest BCUT2D eigenvalue weighted by molar-refractivity contribution is 7.98. The molecule has 0 atom stereocenters. The van der Waals surface area contributed by atoms with Crippen molar-refractivity contribution in [2.24, 2.45) is 0 Å². The molecule has 0 N–H and O–H groups in total.